The van der Waals surface area contributed by atoms with Gasteiger partial charge in [-0.1, -0.05) is 33.6 Å². The van der Waals surface area contributed by atoms with Crippen molar-refractivity contribution in [2.75, 3.05) is 38.1 Å². The van der Waals surface area contributed by atoms with Crippen LogP contribution in [0.2, 0.25) is 5.02 Å². The first-order valence-corrected chi connectivity index (χ1v) is 8.59. The van der Waals surface area contributed by atoms with Gasteiger partial charge in [0.1, 0.15) is 5.75 Å². The minimum absolute atomic E-state index is 0.0356. The van der Waals surface area contributed by atoms with Gasteiger partial charge >= 0.3 is 0 Å². The van der Waals surface area contributed by atoms with E-state index in [0.717, 1.165) is 38.1 Å². The molecule has 0 spiro atoms. The minimum atomic E-state index is -0.494. The molecule has 1 amide bonds. The Morgan fingerprint density at radius 3 is 2.71 bits per heavy atom. The van der Waals surface area contributed by atoms with Gasteiger partial charge in [-0.3, -0.25) is 9.69 Å². The van der Waals surface area contributed by atoms with Crippen LogP contribution in [0.25, 0.3) is 0 Å². The first kappa shape index (κ1) is 16.6. The molecule has 0 radical (unpaired) electrons. The lowest BCUT2D eigenvalue weighted by Crippen LogP contribution is -2.52. The SMILES string of the molecule is CC(Oc1cccc(Cl)c1)C(=O)N1CCN(CCBr)CC1. The lowest BCUT2D eigenvalue weighted by atomic mass is 10.2. The third-order valence-corrected chi connectivity index (χ3v) is 4.13. The number of ether oxygens (including phenoxy) is 1. The van der Waals surface area contributed by atoms with E-state index in [9.17, 15) is 4.79 Å². The van der Waals surface area contributed by atoms with E-state index >= 15 is 0 Å². The fraction of sp³-hybridized carbons (Fsp3) is 0.533. The van der Waals surface area contributed by atoms with Crippen molar-refractivity contribution in [3.05, 3.63) is 29.3 Å². The first-order chi connectivity index (χ1) is 10.1. The van der Waals surface area contributed by atoms with Gasteiger partial charge in [-0.05, 0) is 25.1 Å². The summed E-state index contributed by atoms with van der Waals surface area (Å²) >= 11 is 9.36. The monoisotopic (exact) mass is 374 g/mol. The number of carbonyl (C=O) groups excluding carboxylic acids is 1. The summed E-state index contributed by atoms with van der Waals surface area (Å²) in [6.45, 7) is 6.16. The van der Waals surface area contributed by atoms with Crippen LogP contribution in [0.4, 0.5) is 0 Å². The van der Waals surface area contributed by atoms with E-state index in [4.69, 9.17) is 16.3 Å². The molecule has 6 heteroatoms. The number of hydrogen-bond acceptors (Lipinski definition) is 3. The summed E-state index contributed by atoms with van der Waals surface area (Å²) in [7, 11) is 0. The van der Waals surface area contributed by atoms with E-state index in [1.165, 1.54) is 0 Å². The van der Waals surface area contributed by atoms with Crippen LogP contribution in [0.5, 0.6) is 5.75 Å². The highest BCUT2D eigenvalue weighted by Gasteiger charge is 2.25. The maximum absolute atomic E-state index is 12.4. The molecule has 0 aliphatic carbocycles. The summed E-state index contributed by atoms with van der Waals surface area (Å²) in [5.41, 5.74) is 0. The molecule has 0 N–H and O–H groups in total. The number of halogens is 2. The Kier molecular flexibility index (Phi) is 6.33. The maximum Gasteiger partial charge on any atom is 0.263 e. The van der Waals surface area contributed by atoms with Crippen LogP contribution in [0, 0.1) is 0 Å². The van der Waals surface area contributed by atoms with Gasteiger partial charge in [0, 0.05) is 43.1 Å². The number of nitrogens with zero attached hydrogens (tertiary/aromatic N) is 2. The fourth-order valence-corrected chi connectivity index (χ4v) is 3.05. The topological polar surface area (TPSA) is 32.8 Å². The third-order valence-electron chi connectivity index (χ3n) is 3.54. The smallest absolute Gasteiger partial charge is 0.263 e. The fourth-order valence-electron chi connectivity index (χ4n) is 2.36. The number of alkyl halides is 1. The van der Waals surface area contributed by atoms with E-state index in [-0.39, 0.29) is 5.91 Å². The number of amides is 1. The second-order valence-electron chi connectivity index (χ2n) is 5.07. The van der Waals surface area contributed by atoms with Gasteiger partial charge in [0.25, 0.3) is 5.91 Å². The Labute approximate surface area is 139 Å². The summed E-state index contributed by atoms with van der Waals surface area (Å²) in [5, 5.41) is 1.57. The number of rotatable bonds is 5. The quantitative estimate of drug-likeness (QED) is 0.742. The van der Waals surface area contributed by atoms with Crippen LogP contribution in [0.1, 0.15) is 6.92 Å². The molecular weight excluding hydrogens is 356 g/mol. The number of carbonyl (C=O) groups is 1. The largest absolute Gasteiger partial charge is 0.481 e. The van der Waals surface area contributed by atoms with Crippen LogP contribution >= 0.6 is 27.5 Å². The zero-order valence-electron chi connectivity index (χ0n) is 12.1. The standard InChI is InChI=1S/C15H20BrClN2O2/c1-12(21-14-4-2-3-13(17)11-14)15(20)19-9-7-18(6-5-16)8-10-19/h2-4,11-12H,5-10H2,1H3. The predicted molar refractivity (Wildman–Crippen MR) is 88.4 cm³/mol. The Hall–Kier alpha value is -0.780. The zero-order chi connectivity index (χ0) is 15.2. The van der Waals surface area contributed by atoms with Crippen molar-refractivity contribution in [1.82, 2.24) is 9.80 Å². The van der Waals surface area contributed by atoms with Gasteiger partial charge in [-0.15, -0.1) is 0 Å². The second-order valence-corrected chi connectivity index (χ2v) is 6.30. The number of benzene rings is 1. The van der Waals surface area contributed by atoms with Crippen LogP contribution in [0.15, 0.2) is 24.3 Å². The molecule has 1 aromatic carbocycles. The molecule has 1 atom stereocenters. The van der Waals surface area contributed by atoms with Crippen molar-refractivity contribution in [2.45, 2.75) is 13.0 Å². The zero-order valence-corrected chi connectivity index (χ0v) is 14.4. The molecule has 116 valence electrons. The molecule has 21 heavy (non-hydrogen) atoms. The molecule has 0 bridgehead atoms. The van der Waals surface area contributed by atoms with Crippen LogP contribution < -0.4 is 4.74 Å². The van der Waals surface area contributed by atoms with Crippen LogP contribution in [-0.2, 0) is 4.79 Å². The molecule has 1 heterocycles. The first-order valence-electron chi connectivity index (χ1n) is 7.09. The Balaban J connectivity index is 1.85. The van der Waals surface area contributed by atoms with Gasteiger partial charge in [0.2, 0.25) is 0 Å². The molecule has 1 unspecified atom stereocenters. The molecular formula is C15H20BrClN2O2. The molecule has 4 nitrogen and oxygen atoms in total. The van der Waals surface area contributed by atoms with Gasteiger partial charge in [0.05, 0.1) is 0 Å². The van der Waals surface area contributed by atoms with E-state index in [0.29, 0.717) is 10.8 Å². The number of piperazine rings is 1. The van der Waals surface area contributed by atoms with Gasteiger partial charge in [-0.25, -0.2) is 0 Å². The maximum atomic E-state index is 12.4. The van der Waals surface area contributed by atoms with Gasteiger partial charge in [-0.2, -0.15) is 0 Å². The summed E-state index contributed by atoms with van der Waals surface area (Å²) in [6.07, 6.45) is -0.494. The molecule has 1 aromatic rings. The van der Waals surface area contributed by atoms with E-state index < -0.39 is 6.10 Å². The highest BCUT2D eigenvalue weighted by Crippen LogP contribution is 2.19. The van der Waals surface area contributed by atoms with Crippen LogP contribution in [0.3, 0.4) is 0 Å². The molecule has 0 aromatic heterocycles. The lowest BCUT2D eigenvalue weighted by molar-refractivity contribution is -0.139. The van der Waals surface area contributed by atoms with Crippen LogP contribution in [-0.4, -0.2) is 59.9 Å². The third kappa shape index (κ3) is 4.87. The molecule has 1 aliphatic heterocycles. The van der Waals surface area contributed by atoms with Gasteiger partial charge < -0.3 is 9.64 Å². The summed E-state index contributed by atoms with van der Waals surface area (Å²) < 4.78 is 5.69. The van der Waals surface area contributed by atoms with Crippen molar-refractivity contribution in [1.29, 1.82) is 0 Å². The van der Waals surface area contributed by atoms with E-state index in [1.54, 1.807) is 19.1 Å². The molecule has 1 aliphatic rings. The second kappa shape index (κ2) is 8.01. The molecule has 1 saturated heterocycles. The Bertz CT molecular complexity index is 478. The van der Waals surface area contributed by atoms with Crippen molar-refractivity contribution < 1.29 is 9.53 Å². The van der Waals surface area contributed by atoms with E-state index in [2.05, 4.69) is 20.8 Å². The number of hydrogen-bond donors (Lipinski definition) is 0. The molecule has 2 rings (SSSR count). The normalized spacial score (nSPS) is 17.6. The Morgan fingerprint density at radius 1 is 1.38 bits per heavy atom. The van der Waals surface area contributed by atoms with Crippen molar-refractivity contribution in [2.24, 2.45) is 0 Å². The lowest BCUT2D eigenvalue weighted by Gasteiger charge is -2.35. The molecule has 1 fully saturated rings. The summed E-state index contributed by atoms with van der Waals surface area (Å²) in [5.74, 6) is 0.662. The average molecular weight is 376 g/mol. The summed E-state index contributed by atoms with van der Waals surface area (Å²) in [6, 6.07) is 7.13. The van der Waals surface area contributed by atoms with Crippen molar-refractivity contribution in [3.8, 4) is 5.75 Å². The van der Waals surface area contributed by atoms with Gasteiger partial charge in [0.15, 0.2) is 6.10 Å². The van der Waals surface area contributed by atoms with Crippen molar-refractivity contribution in [3.63, 3.8) is 0 Å². The summed E-state index contributed by atoms with van der Waals surface area (Å²) in [4.78, 5) is 16.6. The predicted octanol–water partition coefficient (Wildman–Crippen LogP) is 2.65. The molecule has 0 saturated carbocycles. The average Bonchev–Trinajstić information content (AvgIpc) is 2.47. The Morgan fingerprint density at radius 2 is 2.10 bits per heavy atom. The van der Waals surface area contributed by atoms with Crippen molar-refractivity contribution >= 4 is 33.4 Å². The highest BCUT2D eigenvalue weighted by molar-refractivity contribution is 9.09. The van der Waals surface area contributed by atoms with E-state index in [1.807, 2.05) is 17.0 Å². The highest BCUT2D eigenvalue weighted by atomic mass is 79.9. The minimum Gasteiger partial charge on any atom is -0.481 e.